The first kappa shape index (κ1) is 12.2. The molecule has 0 aliphatic carbocycles. The third kappa shape index (κ3) is 3.71. The van der Waals surface area contributed by atoms with Crippen LogP contribution in [0.25, 0.3) is 0 Å². The average molecular weight is 218 g/mol. The van der Waals surface area contributed by atoms with E-state index in [0.29, 0.717) is 11.1 Å². The molecule has 0 saturated heterocycles. The Morgan fingerprint density at radius 1 is 1.44 bits per heavy atom. The Bertz CT molecular complexity index is 410. The minimum Gasteiger partial charge on any atom is -0.389 e. The standard InChI is InChI=1S/C12H14N2O2/c1-12(2,16)8-14-11(15)10-5-3-9(7-13)4-6-10/h3-6,16H,8H2,1-2H3,(H,14,15). The van der Waals surface area contributed by atoms with Crippen molar-refractivity contribution in [1.29, 1.82) is 5.26 Å². The molecule has 4 heteroatoms. The Hall–Kier alpha value is -1.86. The molecule has 0 aromatic heterocycles. The third-order valence-electron chi connectivity index (χ3n) is 1.96. The van der Waals surface area contributed by atoms with Gasteiger partial charge in [0.15, 0.2) is 0 Å². The fourth-order valence-electron chi connectivity index (χ4n) is 1.09. The van der Waals surface area contributed by atoms with Crippen molar-refractivity contribution in [2.45, 2.75) is 19.4 Å². The number of carbonyl (C=O) groups excluding carboxylic acids is 1. The lowest BCUT2D eigenvalue weighted by atomic mass is 10.1. The molecule has 0 unspecified atom stereocenters. The highest BCUT2D eigenvalue weighted by atomic mass is 16.3. The van der Waals surface area contributed by atoms with Gasteiger partial charge >= 0.3 is 0 Å². The van der Waals surface area contributed by atoms with Gasteiger partial charge in [-0.3, -0.25) is 4.79 Å². The summed E-state index contributed by atoms with van der Waals surface area (Å²) in [5.74, 6) is -0.258. The van der Waals surface area contributed by atoms with E-state index in [1.807, 2.05) is 6.07 Å². The van der Waals surface area contributed by atoms with Gasteiger partial charge in [0.1, 0.15) is 0 Å². The van der Waals surface area contributed by atoms with E-state index in [-0.39, 0.29) is 12.5 Å². The van der Waals surface area contributed by atoms with Crippen molar-refractivity contribution >= 4 is 5.91 Å². The molecule has 2 N–H and O–H groups in total. The number of nitrogens with zero attached hydrogens (tertiary/aromatic N) is 1. The Morgan fingerprint density at radius 3 is 2.44 bits per heavy atom. The summed E-state index contributed by atoms with van der Waals surface area (Å²) < 4.78 is 0. The van der Waals surface area contributed by atoms with Gasteiger partial charge in [0.05, 0.1) is 17.2 Å². The highest BCUT2D eigenvalue weighted by molar-refractivity contribution is 5.94. The Labute approximate surface area is 94.5 Å². The molecule has 4 nitrogen and oxygen atoms in total. The monoisotopic (exact) mass is 218 g/mol. The number of hydrogen-bond acceptors (Lipinski definition) is 3. The molecular weight excluding hydrogens is 204 g/mol. The number of nitriles is 1. The van der Waals surface area contributed by atoms with Crippen molar-refractivity contribution in [2.75, 3.05) is 6.54 Å². The molecule has 1 rings (SSSR count). The van der Waals surface area contributed by atoms with Crippen LogP contribution < -0.4 is 5.32 Å². The summed E-state index contributed by atoms with van der Waals surface area (Å²) in [6, 6.07) is 8.31. The van der Waals surface area contributed by atoms with Crippen LogP contribution in [0.4, 0.5) is 0 Å². The fourth-order valence-corrected chi connectivity index (χ4v) is 1.09. The maximum atomic E-state index is 11.6. The first-order valence-electron chi connectivity index (χ1n) is 4.93. The van der Waals surface area contributed by atoms with Crippen LogP contribution in [-0.2, 0) is 0 Å². The minimum atomic E-state index is -0.928. The molecule has 0 spiro atoms. The van der Waals surface area contributed by atoms with Crippen molar-refractivity contribution in [3.05, 3.63) is 35.4 Å². The maximum Gasteiger partial charge on any atom is 0.251 e. The number of benzene rings is 1. The second-order valence-corrected chi connectivity index (χ2v) is 4.18. The molecule has 1 amide bonds. The van der Waals surface area contributed by atoms with Crippen LogP contribution in [0, 0.1) is 11.3 Å². The van der Waals surface area contributed by atoms with E-state index < -0.39 is 5.60 Å². The summed E-state index contributed by atoms with van der Waals surface area (Å²) in [4.78, 5) is 11.6. The highest BCUT2D eigenvalue weighted by Crippen LogP contribution is 2.04. The molecule has 0 radical (unpaired) electrons. The number of hydrogen-bond donors (Lipinski definition) is 2. The lowest BCUT2D eigenvalue weighted by Gasteiger charge is -2.17. The van der Waals surface area contributed by atoms with Crippen molar-refractivity contribution in [2.24, 2.45) is 0 Å². The number of aliphatic hydroxyl groups is 1. The molecule has 16 heavy (non-hydrogen) atoms. The number of rotatable bonds is 3. The molecule has 0 atom stereocenters. The lowest BCUT2D eigenvalue weighted by Crippen LogP contribution is -2.38. The summed E-state index contributed by atoms with van der Waals surface area (Å²) in [5, 5.41) is 20.6. The SMILES string of the molecule is CC(C)(O)CNC(=O)c1ccc(C#N)cc1. The zero-order chi connectivity index (χ0) is 12.2. The van der Waals surface area contributed by atoms with E-state index >= 15 is 0 Å². The smallest absolute Gasteiger partial charge is 0.251 e. The van der Waals surface area contributed by atoms with Gasteiger partial charge in [-0.15, -0.1) is 0 Å². The topological polar surface area (TPSA) is 73.1 Å². The van der Waals surface area contributed by atoms with Gasteiger partial charge < -0.3 is 10.4 Å². The fraction of sp³-hybridized carbons (Fsp3) is 0.333. The zero-order valence-electron chi connectivity index (χ0n) is 9.32. The third-order valence-corrected chi connectivity index (χ3v) is 1.96. The van der Waals surface area contributed by atoms with E-state index in [2.05, 4.69) is 5.32 Å². The summed E-state index contributed by atoms with van der Waals surface area (Å²) in [6.45, 7) is 3.42. The molecule has 84 valence electrons. The van der Waals surface area contributed by atoms with Crippen LogP contribution >= 0.6 is 0 Å². The Kier molecular flexibility index (Phi) is 3.64. The quantitative estimate of drug-likeness (QED) is 0.796. The molecule has 0 fully saturated rings. The summed E-state index contributed by atoms with van der Waals surface area (Å²) in [7, 11) is 0. The highest BCUT2D eigenvalue weighted by Gasteiger charge is 2.14. The normalized spacial score (nSPS) is 10.6. The summed E-state index contributed by atoms with van der Waals surface area (Å²) >= 11 is 0. The van der Waals surface area contributed by atoms with Crippen LogP contribution in [0.15, 0.2) is 24.3 Å². The molecular formula is C12H14N2O2. The van der Waals surface area contributed by atoms with Gasteiger partial charge in [0, 0.05) is 12.1 Å². The van der Waals surface area contributed by atoms with Crippen LogP contribution in [0.5, 0.6) is 0 Å². The van der Waals surface area contributed by atoms with Gasteiger partial charge in [-0.1, -0.05) is 0 Å². The van der Waals surface area contributed by atoms with E-state index in [4.69, 9.17) is 5.26 Å². The largest absolute Gasteiger partial charge is 0.389 e. The van der Waals surface area contributed by atoms with Crippen LogP contribution in [-0.4, -0.2) is 23.2 Å². The predicted octanol–water partition coefficient (Wildman–Crippen LogP) is 1.06. The van der Waals surface area contributed by atoms with Crippen molar-refractivity contribution in [3.8, 4) is 6.07 Å². The number of carbonyl (C=O) groups is 1. The molecule has 0 bridgehead atoms. The molecule has 1 aromatic rings. The molecule has 0 aliphatic heterocycles. The van der Waals surface area contributed by atoms with Gasteiger partial charge in [-0.05, 0) is 38.1 Å². The maximum absolute atomic E-state index is 11.6. The van der Waals surface area contributed by atoms with E-state index in [1.54, 1.807) is 38.1 Å². The molecule has 0 heterocycles. The van der Waals surface area contributed by atoms with Gasteiger partial charge in [-0.2, -0.15) is 5.26 Å². The second kappa shape index (κ2) is 4.77. The van der Waals surface area contributed by atoms with Crippen LogP contribution in [0.3, 0.4) is 0 Å². The second-order valence-electron chi connectivity index (χ2n) is 4.18. The zero-order valence-corrected chi connectivity index (χ0v) is 9.32. The van der Waals surface area contributed by atoms with Crippen molar-refractivity contribution < 1.29 is 9.90 Å². The molecule has 1 aromatic carbocycles. The van der Waals surface area contributed by atoms with Crippen LogP contribution in [0.1, 0.15) is 29.8 Å². The van der Waals surface area contributed by atoms with Crippen molar-refractivity contribution in [1.82, 2.24) is 5.32 Å². The molecule has 0 saturated carbocycles. The van der Waals surface area contributed by atoms with Crippen LogP contribution in [0.2, 0.25) is 0 Å². The van der Waals surface area contributed by atoms with E-state index in [9.17, 15) is 9.90 Å². The minimum absolute atomic E-state index is 0.186. The van der Waals surface area contributed by atoms with Gasteiger partial charge in [0.2, 0.25) is 0 Å². The summed E-state index contributed by atoms with van der Waals surface area (Å²) in [6.07, 6.45) is 0. The Morgan fingerprint density at radius 2 is 2.00 bits per heavy atom. The Balaban J connectivity index is 2.64. The number of nitrogens with one attached hydrogen (secondary N) is 1. The average Bonchev–Trinajstić information content (AvgIpc) is 2.25. The lowest BCUT2D eigenvalue weighted by molar-refractivity contribution is 0.0694. The predicted molar refractivity (Wildman–Crippen MR) is 59.8 cm³/mol. The van der Waals surface area contributed by atoms with E-state index in [1.165, 1.54) is 0 Å². The van der Waals surface area contributed by atoms with E-state index in [0.717, 1.165) is 0 Å². The first-order chi connectivity index (χ1) is 7.42. The van der Waals surface area contributed by atoms with Gasteiger partial charge in [-0.25, -0.2) is 0 Å². The summed E-state index contributed by atoms with van der Waals surface area (Å²) in [5.41, 5.74) is 0.0599. The first-order valence-corrected chi connectivity index (χ1v) is 4.93. The van der Waals surface area contributed by atoms with Crippen molar-refractivity contribution in [3.63, 3.8) is 0 Å². The van der Waals surface area contributed by atoms with Gasteiger partial charge in [0.25, 0.3) is 5.91 Å². The molecule has 0 aliphatic rings. The number of amides is 1.